The van der Waals surface area contributed by atoms with Gasteiger partial charge in [-0.25, -0.2) is 4.79 Å². The number of hydrogen-bond donors (Lipinski definition) is 3. The highest BCUT2D eigenvalue weighted by atomic mass is 79.9. The van der Waals surface area contributed by atoms with Crippen LogP contribution in [-0.2, 0) is 11.2 Å². The molecule has 5 nitrogen and oxygen atoms in total. The lowest BCUT2D eigenvalue weighted by Crippen LogP contribution is -2.42. The molecule has 0 aliphatic rings. The highest BCUT2D eigenvalue weighted by molar-refractivity contribution is 9.10. The predicted octanol–water partition coefficient (Wildman–Crippen LogP) is 3.63. The van der Waals surface area contributed by atoms with E-state index in [9.17, 15) is 14.7 Å². The van der Waals surface area contributed by atoms with Crippen LogP contribution in [0.1, 0.15) is 32.8 Å². The van der Waals surface area contributed by atoms with Crippen LogP contribution in [0.2, 0.25) is 0 Å². The number of carboxylic acid groups (broad SMARTS) is 1. The number of benzene rings is 1. The Morgan fingerprint density at radius 2 is 2.00 bits per heavy atom. The minimum atomic E-state index is -0.954. The van der Waals surface area contributed by atoms with Crippen molar-refractivity contribution in [1.82, 2.24) is 5.32 Å². The molecule has 0 saturated heterocycles. The maximum absolute atomic E-state index is 11.9. The van der Waals surface area contributed by atoms with E-state index in [0.717, 1.165) is 22.1 Å². The summed E-state index contributed by atoms with van der Waals surface area (Å²) in [5.41, 5.74) is 0.785. The first-order valence-electron chi connectivity index (χ1n) is 6.89. The van der Waals surface area contributed by atoms with Crippen LogP contribution in [0, 0.1) is 5.41 Å². The van der Waals surface area contributed by atoms with E-state index in [0.29, 0.717) is 6.42 Å². The molecule has 0 saturated carbocycles. The lowest BCUT2D eigenvalue weighted by atomic mass is 9.88. The lowest BCUT2D eigenvalue weighted by Gasteiger charge is -2.23. The number of anilines is 1. The van der Waals surface area contributed by atoms with Crippen LogP contribution in [0.5, 0.6) is 0 Å². The highest BCUT2D eigenvalue weighted by Gasteiger charge is 2.31. The summed E-state index contributed by atoms with van der Waals surface area (Å²) >= 11 is 3.39. The fraction of sp³-hybridized carbons (Fsp3) is 0.467. The number of urea groups is 1. The van der Waals surface area contributed by atoms with Gasteiger partial charge in [0.25, 0.3) is 0 Å². The Labute approximate surface area is 133 Å². The molecule has 2 amide bonds. The molecule has 0 aliphatic carbocycles. The van der Waals surface area contributed by atoms with Gasteiger partial charge < -0.3 is 15.7 Å². The van der Waals surface area contributed by atoms with Gasteiger partial charge in [-0.3, -0.25) is 4.79 Å². The Kier molecular flexibility index (Phi) is 6.20. The van der Waals surface area contributed by atoms with Crippen molar-refractivity contribution in [2.75, 3.05) is 11.9 Å². The summed E-state index contributed by atoms with van der Waals surface area (Å²) in [5.74, 6) is -0.914. The van der Waals surface area contributed by atoms with E-state index in [4.69, 9.17) is 0 Å². The van der Waals surface area contributed by atoms with Gasteiger partial charge in [-0.05, 0) is 43.5 Å². The number of nitrogens with one attached hydrogen (secondary N) is 2. The third-order valence-electron chi connectivity index (χ3n) is 3.63. The van der Waals surface area contributed by atoms with Crippen molar-refractivity contribution in [2.24, 2.45) is 5.41 Å². The summed E-state index contributed by atoms with van der Waals surface area (Å²) in [5, 5.41) is 14.6. The molecule has 3 N–H and O–H groups in total. The van der Waals surface area contributed by atoms with Crippen LogP contribution >= 0.6 is 15.9 Å². The topological polar surface area (TPSA) is 78.4 Å². The van der Waals surface area contributed by atoms with Crippen LogP contribution in [0.15, 0.2) is 22.7 Å². The lowest BCUT2D eigenvalue weighted by molar-refractivity contribution is -0.147. The van der Waals surface area contributed by atoms with Gasteiger partial charge in [-0.1, -0.05) is 29.8 Å². The Hall–Kier alpha value is -1.56. The Morgan fingerprint density at radius 3 is 2.52 bits per heavy atom. The molecule has 6 heteroatoms. The predicted molar refractivity (Wildman–Crippen MR) is 86.6 cm³/mol. The smallest absolute Gasteiger partial charge is 0.319 e. The number of carboxylic acids is 1. The second-order valence-electron chi connectivity index (χ2n) is 5.18. The molecular formula is C15H21BrN2O3. The number of carbonyl (C=O) groups is 2. The molecule has 0 radical (unpaired) electrons. The van der Waals surface area contributed by atoms with Crippen molar-refractivity contribution in [2.45, 2.75) is 33.6 Å². The SMILES string of the molecule is CCc1cc(Br)ccc1NC(=O)NCC(C)(CC)C(=O)O. The molecule has 0 fully saturated rings. The molecule has 21 heavy (non-hydrogen) atoms. The van der Waals surface area contributed by atoms with Crippen LogP contribution in [-0.4, -0.2) is 23.7 Å². The molecule has 0 aromatic heterocycles. The van der Waals surface area contributed by atoms with E-state index in [1.54, 1.807) is 13.8 Å². The standard InChI is InChI=1S/C15H21BrN2O3/c1-4-10-8-11(16)6-7-12(10)18-14(21)17-9-15(3,5-2)13(19)20/h6-8H,4-5,9H2,1-3H3,(H,19,20)(H2,17,18,21). The zero-order valence-corrected chi connectivity index (χ0v) is 14.1. The molecule has 1 atom stereocenters. The van der Waals surface area contributed by atoms with Crippen LogP contribution in [0.25, 0.3) is 0 Å². The summed E-state index contributed by atoms with van der Waals surface area (Å²) in [6.07, 6.45) is 1.23. The number of halogens is 1. The largest absolute Gasteiger partial charge is 0.481 e. The third kappa shape index (κ3) is 4.74. The van der Waals surface area contributed by atoms with Gasteiger partial charge in [-0.2, -0.15) is 0 Å². The fourth-order valence-corrected chi connectivity index (χ4v) is 2.18. The minimum Gasteiger partial charge on any atom is -0.481 e. The molecule has 1 unspecified atom stereocenters. The number of rotatable bonds is 6. The highest BCUT2D eigenvalue weighted by Crippen LogP contribution is 2.22. The minimum absolute atomic E-state index is 0.0860. The van der Waals surface area contributed by atoms with Crippen molar-refractivity contribution in [3.8, 4) is 0 Å². The molecular weight excluding hydrogens is 336 g/mol. The molecule has 0 spiro atoms. The Bertz CT molecular complexity index is 534. The molecule has 1 aromatic carbocycles. The maximum atomic E-state index is 11.9. The number of amides is 2. The second-order valence-corrected chi connectivity index (χ2v) is 6.10. The molecule has 0 aliphatic heterocycles. The van der Waals surface area contributed by atoms with Gasteiger partial charge in [-0.15, -0.1) is 0 Å². The van der Waals surface area contributed by atoms with E-state index < -0.39 is 17.4 Å². The van der Waals surface area contributed by atoms with E-state index in [1.165, 1.54) is 0 Å². The zero-order chi connectivity index (χ0) is 16.0. The molecule has 0 bridgehead atoms. The number of carbonyl (C=O) groups excluding carboxylic acids is 1. The van der Waals surface area contributed by atoms with Gasteiger partial charge in [0.2, 0.25) is 0 Å². The fourth-order valence-electron chi connectivity index (χ4n) is 1.77. The van der Waals surface area contributed by atoms with Crippen LogP contribution in [0.3, 0.4) is 0 Å². The van der Waals surface area contributed by atoms with Crippen molar-refractivity contribution in [3.63, 3.8) is 0 Å². The third-order valence-corrected chi connectivity index (χ3v) is 4.13. The van der Waals surface area contributed by atoms with Crippen LogP contribution in [0.4, 0.5) is 10.5 Å². The quantitative estimate of drug-likeness (QED) is 0.727. The van der Waals surface area contributed by atoms with E-state index in [2.05, 4.69) is 26.6 Å². The summed E-state index contributed by atoms with van der Waals surface area (Å²) < 4.78 is 0.953. The van der Waals surface area contributed by atoms with Crippen molar-refractivity contribution in [3.05, 3.63) is 28.2 Å². The monoisotopic (exact) mass is 356 g/mol. The maximum Gasteiger partial charge on any atom is 0.319 e. The molecule has 116 valence electrons. The summed E-state index contributed by atoms with van der Waals surface area (Å²) in [6, 6.07) is 5.22. The molecule has 1 rings (SSSR count). The number of aryl methyl sites for hydroxylation is 1. The summed E-state index contributed by atoms with van der Waals surface area (Å²) in [4.78, 5) is 23.1. The van der Waals surface area contributed by atoms with Gasteiger partial charge in [0.1, 0.15) is 0 Å². The van der Waals surface area contributed by atoms with Gasteiger partial charge in [0.15, 0.2) is 0 Å². The second kappa shape index (κ2) is 7.45. The zero-order valence-electron chi connectivity index (χ0n) is 12.5. The van der Waals surface area contributed by atoms with Crippen molar-refractivity contribution >= 4 is 33.6 Å². The summed E-state index contributed by atoms with van der Waals surface area (Å²) in [7, 11) is 0. The Balaban J connectivity index is 2.68. The van der Waals surface area contributed by atoms with E-state index in [1.807, 2.05) is 25.1 Å². The van der Waals surface area contributed by atoms with Crippen molar-refractivity contribution < 1.29 is 14.7 Å². The van der Waals surface area contributed by atoms with E-state index >= 15 is 0 Å². The first-order valence-corrected chi connectivity index (χ1v) is 7.68. The van der Waals surface area contributed by atoms with E-state index in [-0.39, 0.29) is 6.54 Å². The number of aliphatic carboxylic acids is 1. The first-order chi connectivity index (χ1) is 9.82. The van der Waals surface area contributed by atoms with Gasteiger partial charge in [0.05, 0.1) is 5.41 Å². The van der Waals surface area contributed by atoms with Gasteiger partial charge >= 0.3 is 12.0 Å². The Morgan fingerprint density at radius 1 is 1.33 bits per heavy atom. The van der Waals surface area contributed by atoms with Crippen molar-refractivity contribution in [1.29, 1.82) is 0 Å². The number of hydrogen-bond acceptors (Lipinski definition) is 2. The first kappa shape index (κ1) is 17.5. The van der Waals surface area contributed by atoms with Gasteiger partial charge in [0, 0.05) is 16.7 Å². The molecule has 1 aromatic rings. The average molecular weight is 357 g/mol. The summed E-state index contributed by atoms with van der Waals surface area (Å²) in [6.45, 7) is 5.50. The normalized spacial score (nSPS) is 13.3. The average Bonchev–Trinajstić information content (AvgIpc) is 2.46. The molecule has 0 heterocycles. The van der Waals surface area contributed by atoms with Crippen LogP contribution < -0.4 is 10.6 Å².